The number of carbonyl (C=O) groups excluding carboxylic acids is 5. The minimum Gasteiger partial charge on any atom is -0.366 e. The molecule has 2 N–H and O–H groups in total. The van der Waals surface area contributed by atoms with E-state index < -0.39 is 36.1 Å². The van der Waals surface area contributed by atoms with E-state index >= 15 is 0 Å². The van der Waals surface area contributed by atoms with Gasteiger partial charge in [-0.05, 0) is 17.7 Å². The zero-order valence-electron chi connectivity index (χ0n) is 14.1. The molecule has 136 valence electrons. The number of ketones is 1. The number of benzene rings is 2. The van der Waals surface area contributed by atoms with Crippen LogP contribution in [-0.4, -0.2) is 45.9 Å². The molecule has 0 aliphatic carbocycles. The molecule has 0 saturated carbocycles. The Hall–Kier alpha value is -3.81. The van der Waals surface area contributed by atoms with Crippen LogP contribution in [0.4, 0.5) is 4.79 Å². The van der Waals surface area contributed by atoms with Gasteiger partial charge in [0.25, 0.3) is 0 Å². The largest absolute Gasteiger partial charge is 0.366 e. The van der Waals surface area contributed by atoms with Crippen LogP contribution in [0.2, 0.25) is 0 Å². The van der Waals surface area contributed by atoms with Gasteiger partial charge in [0, 0.05) is 11.1 Å². The van der Waals surface area contributed by atoms with Crippen LogP contribution in [0.3, 0.4) is 0 Å². The molecule has 1 saturated heterocycles. The fourth-order valence-electron chi connectivity index (χ4n) is 2.65. The molecule has 8 heteroatoms. The van der Waals surface area contributed by atoms with Crippen LogP contribution in [0.1, 0.15) is 26.3 Å². The first-order valence-corrected chi connectivity index (χ1v) is 8.03. The predicted octanol–water partition coefficient (Wildman–Crippen LogP) is 0.959. The average Bonchev–Trinajstić information content (AvgIpc) is 2.87. The lowest BCUT2D eigenvalue weighted by atomic mass is 10.1. The Bertz CT molecular complexity index is 938. The maximum atomic E-state index is 12.4. The second kappa shape index (κ2) is 7.20. The lowest BCUT2D eigenvalue weighted by Crippen LogP contribution is -2.36. The minimum atomic E-state index is -1.04. The molecule has 1 heterocycles. The highest BCUT2D eigenvalue weighted by Gasteiger charge is 2.45. The Morgan fingerprint density at radius 3 is 1.93 bits per heavy atom. The second-order valence-electron chi connectivity index (χ2n) is 5.92. The fourth-order valence-corrected chi connectivity index (χ4v) is 2.65. The summed E-state index contributed by atoms with van der Waals surface area (Å²) in [4.78, 5) is 61.5. The molecule has 0 bridgehead atoms. The van der Waals surface area contributed by atoms with Crippen molar-refractivity contribution in [2.75, 3.05) is 6.54 Å². The van der Waals surface area contributed by atoms with Gasteiger partial charge in [0.2, 0.25) is 5.91 Å². The molecular weight excluding hydrogens is 350 g/mol. The van der Waals surface area contributed by atoms with Crippen molar-refractivity contribution in [2.45, 2.75) is 6.54 Å². The first-order valence-electron chi connectivity index (χ1n) is 8.03. The first-order chi connectivity index (χ1) is 12.9. The summed E-state index contributed by atoms with van der Waals surface area (Å²) in [6.45, 7) is -0.618. The van der Waals surface area contributed by atoms with Gasteiger partial charge in [-0.25, -0.2) is 9.69 Å². The van der Waals surface area contributed by atoms with Crippen molar-refractivity contribution in [1.82, 2.24) is 9.80 Å². The summed E-state index contributed by atoms with van der Waals surface area (Å²) in [6, 6.07) is 13.4. The van der Waals surface area contributed by atoms with Gasteiger partial charge in [0.15, 0.2) is 5.78 Å². The predicted molar refractivity (Wildman–Crippen MR) is 93.4 cm³/mol. The lowest BCUT2D eigenvalue weighted by Gasteiger charge is -2.15. The number of nitrogens with two attached hydrogens (primary N) is 1. The van der Waals surface area contributed by atoms with E-state index in [1.54, 1.807) is 30.3 Å². The highest BCUT2D eigenvalue weighted by atomic mass is 16.2. The van der Waals surface area contributed by atoms with Crippen molar-refractivity contribution in [1.29, 1.82) is 0 Å². The Balaban J connectivity index is 1.73. The molecule has 0 unspecified atom stereocenters. The highest BCUT2D eigenvalue weighted by molar-refractivity contribution is 6.45. The van der Waals surface area contributed by atoms with Crippen LogP contribution < -0.4 is 5.73 Å². The van der Waals surface area contributed by atoms with E-state index in [0.29, 0.717) is 10.5 Å². The highest BCUT2D eigenvalue weighted by Crippen LogP contribution is 2.17. The van der Waals surface area contributed by atoms with Crippen LogP contribution in [0.5, 0.6) is 0 Å². The SMILES string of the molecule is NC(=O)c1ccc(C(=O)CN2C(=O)C(=O)N(Cc3ccccc3)C2=O)cc1. The zero-order valence-corrected chi connectivity index (χ0v) is 14.1. The van der Waals surface area contributed by atoms with E-state index in [0.717, 1.165) is 4.90 Å². The van der Waals surface area contributed by atoms with Crippen molar-refractivity contribution in [3.05, 3.63) is 71.3 Å². The number of Topliss-reactive ketones (excluding diaryl/α,β-unsaturated/α-hetero) is 1. The Morgan fingerprint density at radius 1 is 0.778 bits per heavy atom. The van der Waals surface area contributed by atoms with Gasteiger partial charge in [0.1, 0.15) is 0 Å². The van der Waals surface area contributed by atoms with Crippen LogP contribution >= 0.6 is 0 Å². The van der Waals surface area contributed by atoms with E-state index in [9.17, 15) is 24.0 Å². The number of urea groups is 1. The molecule has 3 rings (SSSR count). The van der Waals surface area contributed by atoms with Gasteiger partial charge in [0.05, 0.1) is 13.1 Å². The van der Waals surface area contributed by atoms with Crippen molar-refractivity contribution in [2.24, 2.45) is 5.73 Å². The van der Waals surface area contributed by atoms with E-state index in [1.165, 1.54) is 24.3 Å². The number of primary amides is 1. The second-order valence-corrected chi connectivity index (χ2v) is 5.92. The summed E-state index contributed by atoms with van der Waals surface area (Å²) < 4.78 is 0. The van der Waals surface area contributed by atoms with Crippen LogP contribution in [0.25, 0.3) is 0 Å². The summed E-state index contributed by atoms with van der Waals surface area (Å²) in [5, 5.41) is 0. The van der Waals surface area contributed by atoms with Gasteiger partial charge in [-0.3, -0.25) is 24.1 Å². The van der Waals surface area contributed by atoms with Gasteiger partial charge < -0.3 is 5.73 Å². The molecule has 1 aliphatic rings. The lowest BCUT2D eigenvalue weighted by molar-refractivity contribution is -0.143. The smallest absolute Gasteiger partial charge is 0.334 e. The molecule has 2 aromatic rings. The molecule has 8 nitrogen and oxygen atoms in total. The molecule has 27 heavy (non-hydrogen) atoms. The monoisotopic (exact) mass is 365 g/mol. The van der Waals surface area contributed by atoms with Gasteiger partial charge in [-0.15, -0.1) is 0 Å². The Labute approximate surface area is 154 Å². The average molecular weight is 365 g/mol. The minimum absolute atomic E-state index is 0.0533. The Morgan fingerprint density at radius 2 is 1.33 bits per heavy atom. The summed E-state index contributed by atoms with van der Waals surface area (Å²) in [5.41, 5.74) is 6.24. The molecule has 0 aromatic heterocycles. The number of hydrogen-bond donors (Lipinski definition) is 1. The van der Waals surface area contributed by atoms with Gasteiger partial charge in [-0.1, -0.05) is 42.5 Å². The number of rotatable bonds is 6. The third-order valence-electron chi connectivity index (χ3n) is 4.11. The van der Waals surface area contributed by atoms with Gasteiger partial charge >= 0.3 is 17.8 Å². The van der Waals surface area contributed by atoms with E-state index in [1.807, 2.05) is 0 Å². The van der Waals surface area contributed by atoms with Crippen molar-refractivity contribution in [3.63, 3.8) is 0 Å². The number of nitrogens with zero attached hydrogens (tertiary/aromatic N) is 2. The van der Waals surface area contributed by atoms with Crippen molar-refractivity contribution < 1.29 is 24.0 Å². The van der Waals surface area contributed by atoms with E-state index in [2.05, 4.69) is 0 Å². The zero-order chi connectivity index (χ0) is 19.6. The molecule has 2 aromatic carbocycles. The quantitative estimate of drug-likeness (QED) is 0.465. The van der Waals surface area contributed by atoms with Gasteiger partial charge in [-0.2, -0.15) is 0 Å². The van der Waals surface area contributed by atoms with Crippen molar-refractivity contribution in [3.8, 4) is 0 Å². The molecule has 5 amide bonds. The molecular formula is C19H15N3O5. The Kier molecular flexibility index (Phi) is 4.80. The number of imide groups is 2. The van der Waals surface area contributed by atoms with Crippen LogP contribution in [-0.2, 0) is 16.1 Å². The number of amides is 5. The summed E-state index contributed by atoms with van der Waals surface area (Å²) in [5.74, 6) is -3.19. The van der Waals surface area contributed by atoms with E-state index in [4.69, 9.17) is 5.73 Å². The fraction of sp³-hybridized carbons (Fsp3) is 0.105. The third-order valence-corrected chi connectivity index (χ3v) is 4.11. The number of carbonyl (C=O) groups is 5. The van der Waals surface area contributed by atoms with Crippen LogP contribution in [0.15, 0.2) is 54.6 Å². The maximum absolute atomic E-state index is 12.4. The molecule has 1 fully saturated rings. The topological polar surface area (TPSA) is 118 Å². The van der Waals surface area contributed by atoms with Crippen LogP contribution in [0, 0.1) is 0 Å². The maximum Gasteiger partial charge on any atom is 0.334 e. The molecule has 0 atom stereocenters. The summed E-state index contributed by atoms with van der Waals surface area (Å²) in [6.07, 6.45) is 0. The first kappa shape index (κ1) is 18.0. The molecule has 0 radical (unpaired) electrons. The van der Waals surface area contributed by atoms with Crippen molar-refractivity contribution >= 4 is 29.5 Å². The summed E-state index contributed by atoms with van der Waals surface area (Å²) in [7, 11) is 0. The normalized spacial score (nSPS) is 14.0. The third kappa shape index (κ3) is 3.59. The van der Waals surface area contributed by atoms with E-state index in [-0.39, 0.29) is 17.7 Å². The summed E-state index contributed by atoms with van der Waals surface area (Å²) >= 11 is 0. The number of hydrogen-bond acceptors (Lipinski definition) is 5. The standard InChI is InChI=1S/C19H15N3O5/c20-16(24)14-8-6-13(7-9-14)15(23)11-22-18(26)17(25)21(19(22)27)10-12-4-2-1-3-5-12/h1-9H,10-11H2,(H2,20,24). The molecule has 1 aliphatic heterocycles. The molecule has 0 spiro atoms.